The van der Waals surface area contributed by atoms with Crippen molar-refractivity contribution in [2.45, 2.75) is 39.7 Å². The second-order valence-electron chi connectivity index (χ2n) is 7.15. The normalized spacial score (nSPS) is 16.6. The van der Waals surface area contributed by atoms with Crippen molar-refractivity contribution in [1.29, 1.82) is 0 Å². The number of nitrogens with zero attached hydrogens (tertiary/aromatic N) is 2. The van der Waals surface area contributed by atoms with Crippen molar-refractivity contribution in [2.24, 2.45) is 10.9 Å². The highest BCUT2D eigenvalue weighted by Gasteiger charge is 2.10. The molecular formula is C21H36N4O. The Morgan fingerprint density at radius 2 is 1.96 bits per heavy atom. The van der Waals surface area contributed by atoms with Crippen LogP contribution in [0.1, 0.15) is 38.7 Å². The first kappa shape index (κ1) is 20.7. The zero-order valence-corrected chi connectivity index (χ0v) is 16.5. The molecular weight excluding hydrogens is 324 g/mol. The first-order valence-electron chi connectivity index (χ1n) is 10.1. The smallest absolute Gasteiger partial charge is 0.191 e. The standard InChI is InChI=1S/C21H36N4O/c1-3-22-21(23-12-9-15-25-13-7-8-14-25)24-16-19(2)17-26-18-20-10-5-4-6-11-20/h4-6,10-11,19H,3,7-9,12-18H2,1-2H3,(H2,22,23,24). The SMILES string of the molecule is CCNC(=NCC(C)COCc1ccccc1)NCCCN1CCCC1. The number of likely N-dealkylation sites (tertiary alicyclic amines) is 1. The van der Waals surface area contributed by atoms with Crippen molar-refractivity contribution in [3.8, 4) is 0 Å². The van der Waals surface area contributed by atoms with Crippen LogP contribution in [0, 0.1) is 5.92 Å². The Kier molecular flexibility index (Phi) is 10.1. The third-order valence-corrected chi connectivity index (χ3v) is 4.56. The van der Waals surface area contributed by atoms with E-state index in [1.165, 1.54) is 44.5 Å². The van der Waals surface area contributed by atoms with Gasteiger partial charge in [-0.25, -0.2) is 0 Å². The second-order valence-corrected chi connectivity index (χ2v) is 7.15. The fourth-order valence-electron chi connectivity index (χ4n) is 3.11. The molecule has 1 atom stereocenters. The van der Waals surface area contributed by atoms with Gasteiger partial charge in [-0.3, -0.25) is 4.99 Å². The number of guanidine groups is 1. The number of hydrogen-bond acceptors (Lipinski definition) is 3. The van der Waals surface area contributed by atoms with Gasteiger partial charge in [-0.2, -0.15) is 0 Å². The van der Waals surface area contributed by atoms with Crippen molar-refractivity contribution in [2.75, 3.05) is 45.9 Å². The Balaban J connectivity index is 1.60. The molecule has 1 heterocycles. The highest BCUT2D eigenvalue weighted by molar-refractivity contribution is 5.79. The van der Waals surface area contributed by atoms with E-state index in [0.29, 0.717) is 12.5 Å². The minimum absolute atomic E-state index is 0.402. The molecule has 0 spiro atoms. The molecule has 1 aliphatic rings. The zero-order chi connectivity index (χ0) is 18.5. The van der Waals surface area contributed by atoms with Crippen molar-refractivity contribution in [3.05, 3.63) is 35.9 Å². The van der Waals surface area contributed by atoms with E-state index in [-0.39, 0.29) is 0 Å². The highest BCUT2D eigenvalue weighted by Crippen LogP contribution is 2.07. The molecule has 0 radical (unpaired) electrons. The van der Waals surface area contributed by atoms with E-state index in [9.17, 15) is 0 Å². The maximum atomic E-state index is 5.81. The summed E-state index contributed by atoms with van der Waals surface area (Å²) in [6, 6.07) is 10.3. The summed E-state index contributed by atoms with van der Waals surface area (Å²) in [4.78, 5) is 7.26. The molecule has 146 valence electrons. The highest BCUT2D eigenvalue weighted by atomic mass is 16.5. The summed E-state index contributed by atoms with van der Waals surface area (Å²) in [5.41, 5.74) is 1.22. The number of rotatable bonds is 11. The molecule has 0 bridgehead atoms. The van der Waals surface area contributed by atoms with Gasteiger partial charge in [0.05, 0.1) is 13.2 Å². The van der Waals surface area contributed by atoms with E-state index in [2.05, 4.69) is 41.5 Å². The number of hydrogen-bond donors (Lipinski definition) is 2. The van der Waals surface area contributed by atoms with E-state index in [1.807, 2.05) is 18.2 Å². The Labute approximate surface area is 159 Å². The lowest BCUT2D eigenvalue weighted by atomic mass is 10.2. The average molecular weight is 361 g/mol. The molecule has 1 unspecified atom stereocenters. The molecule has 2 N–H and O–H groups in total. The number of ether oxygens (including phenoxy) is 1. The predicted octanol–water partition coefficient (Wildman–Crippen LogP) is 2.88. The number of nitrogens with one attached hydrogen (secondary N) is 2. The van der Waals surface area contributed by atoms with Crippen LogP contribution in [0.15, 0.2) is 35.3 Å². The van der Waals surface area contributed by atoms with Gasteiger partial charge in [0.1, 0.15) is 0 Å². The van der Waals surface area contributed by atoms with E-state index < -0.39 is 0 Å². The van der Waals surface area contributed by atoms with Gasteiger partial charge in [-0.1, -0.05) is 37.3 Å². The van der Waals surface area contributed by atoms with E-state index >= 15 is 0 Å². The van der Waals surface area contributed by atoms with Crippen LogP contribution in [0.25, 0.3) is 0 Å². The lowest BCUT2D eigenvalue weighted by Crippen LogP contribution is -2.39. The van der Waals surface area contributed by atoms with Crippen molar-refractivity contribution in [3.63, 3.8) is 0 Å². The van der Waals surface area contributed by atoms with Gasteiger partial charge in [0.25, 0.3) is 0 Å². The van der Waals surface area contributed by atoms with Gasteiger partial charge in [-0.15, -0.1) is 0 Å². The quantitative estimate of drug-likeness (QED) is 0.362. The first-order chi connectivity index (χ1) is 12.8. The minimum atomic E-state index is 0.402. The van der Waals surface area contributed by atoms with Gasteiger partial charge < -0.3 is 20.3 Å². The Hall–Kier alpha value is -1.59. The molecule has 1 fully saturated rings. The molecule has 0 aliphatic carbocycles. The van der Waals surface area contributed by atoms with Crippen LogP contribution in [-0.4, -0.2) is 56.7 Å². The summed E-state index contributed by atoms with van der Waals surface area (Å²) in [5.74, 6) is 1.32. The van der Waals surface area contributed by atoms with Gasteiger partial charge in [-0.05, 0) is 57.3 Å². The lowest BCUT2D eigenvalue weighted by molar-refractivity contribution is 0.0945. The van der Waals surface area contributed by atoms with Crippen LogP contribution in [0.3, 0.4) is 0 Å². The molecule has 5 heteroatoms. The van der Waals surface area contributed by atoms with Crippen LogP contribution in [0.2, 0.25) is 0 Å². The topological polar surface area (TPSA) is 48.9 Å². The minimum Gasteiger partial charge on any atom is -0.376 e. The number of benzene rings is 1. The Morgan fingerprint density at radius 1 is 1.19 bits per heavy atom. The third kappa shape index (κ3) is 8.68. The Morgan fingerprint density at radius 3 is 2.69 bits per heavy atom. The summed E-state index contributed by atoms with van der Waals surface area (Å²) in [5, 5.41) is 6.79. The van der Waals surface area contributed by atoms with Gasteiger partial charge in [0.15, 0.2) is 5.96 Å². The van der Waals surface area contributed by atoms with Crippen LogP contribution in [0.4, 0.5) is 0 Å². The molecule has 1 saturated heterocycles. The summed E-state index contributed by atoms with van der Waals surface area (Å²) in [7, 11) is 0. The van der Waals surface area contributed by atoms with Gasteiger partial charge >= 0.3 is 0 Å². The van der Waals surface area contributed by atoms with Crippen LogP contribution < -0.4 is 10.6 Å². The maximum Gasteiger partial charge on any atom is 0.191 e. The monoisotopic (exact) mass is 360 g/mol. The molecule has 0 aromatic heterocycles. The van der Waals surface area contributed by atoms with Crippen molar-refractivity contribution < 1.29 is 4.74 Å². The average Bonchev–Trinajstić information content (AvgIpc) is 3.17. The van der Waals surface area contributed by atoms with E-state index in [1.54, 1.807) is 0 Å². The molecule has 1 aliphatic heterocycles. The second kappa shape index (κ2) is 12.7. The molecule has 1 aromatic carbocycles. The maximum absolute atomic E-state index is 5.81. The van der Waals surface area contributed by atoms with Crippen molar-refractivity contribution >= 4 is 5.96 Å². The fraction of sp³-hybridized carbons (Fsp3) is 0.667. The molecule has 0 amide bonds. The van der Waals surface area contributed by atoms with Gasteiger partial charge in [0, 0.05) is 19.6 Å². The Bertz CT molecular complexity index is 500. The summed E-state index contributed by atoms with van der Waals surface area (Å²) < 4.78 is 5.81. The van der Waals surface area contributed by atoms with Crippen molar-refractivity contribution in [1.82, 2.24) is 15.5 Å². The van der Waals surface area contributed by atoms with E-state index in [4.69, 9.17) is 9.73 Å². The largest absolute Gasteiger partial charge is 0.376 e. The first-order valence-corrected chi connectivity index (χ1v) is 10.1. The zero-order valence-electron chi connectivity index (χ0n) is 16.5. The third-order valence-electron chi connectivity index (χ3n) is 4.56. The molecule has 5 nitrogen and oxygen atoms in total. The van der Waals surface area contributed by atoms with Crippen LogP contribution in [0.5, 0.6) is 0 Å². The van der Waals surface area contributed by atoms with Gasteiger partial charge in [0.2, 0.25) is 0 Å². The summed E-state index contributed by atoms with van der Waals surface area (Å²) in [6.45, 7) is 12.1. The molecule has 2 rings (SSSR count). The number of aliphatic imine (C=N–C) groups is 1. The summed E-state index contributed by atoms with van der Waals surface area (Å²) >= 11 is 0. The predicted molar refractivity (Wildman–Crippen MR) is 110 cm³/mol. The fourth-order valence-corrected chi connectivity index (χ4v) is 3.11. The molecule has 26 heavy (non-hydrogen) atoms. The molecule has 0 saturated carbocycles. The van der Waals surface area contributed by atoms with E-state index in [0.717, 1.165) is 32.2 Å². The lowest BCUT2D eigenvalue weighted by Gasteiger charge is -2.16. The summed E-state index contributed by atoms with van der Waals surface area (Å²) in [6.07, 6.45) is 3.89. The van der Waals surface area contributed by atoms with Crippen LogP contribution >= 0.6 is 0 Å². The molecule has 1 aromatic rings. The van der Waals surface area contributed by atoms with Crippen LogP contribution in [-0.2, 0) is 11.3 Å².